The number of anilines is 1. The first-order chi connectivity index (χ1) is 12.1. The standard InChI is InChI=1S/C20H23N5/c1-13(2)18-14(3)15(12-21)19-23-16-6-4-5-7-17(16)25(19)20(18)24-10-8-22-9-11-24/h4-7,13,22H,8-11H2,1-3H3. The molecule has 128 valence electrons. The summed E-state index contributed by atoms with van der Waals surface area (Å²) in [6.45, 7) is 10.4. The summed E-state index contributed by atoms with van der Waals surface area (Å²) in [5.74, 6) is 1.54. The molecule has 1 aliphatic rings. The van der Waals surface area contributed by atoms with E-state index in [2.05, 4.69) is 47.5 Å². The second-order valence-electron chi connectivity index (χ2n) is 7.00. The van der Waals surface area contributed by atoms with Gasteiger partial charge in [-0.3, -0.25) is 4.40 Å². The number of rotatable bonds is 2. The smallest absolute Gasteiger partial charge is 0.157 e. The minimum absolute atomic E-state index is 0.336. The Labute approximate surface area is 147 Å². The van der Waals surface area contributed by atoms with Gasteiger partial charge in [-0.15, -0.1) is 0 Å². The number of nitrogens with zero attached hydrogens (tertiary/aromatic N) is 4. The Morgan fingerprint density at radius 3 is 2.60 bits per heavy atom. The highest BCUT2D eigenvalue weighted by atomic mass is 15.3. The van der Waals surface area contributed by atoms with E-state index in [9.17, 15) is 5.26 Å². The quantitative estimate of drug-likeness (QED) is 0.782. The van der Waals surface area contributed by atoms with Crippen LogP contribution in [0.25, 0.3) is 16.7 Å². The van der Waals surface area contributed by atoms with Gasteiger partial charge in [-0.05, 0) is 30.5 Å². The fraction of sp³-hybridized carbons (Fsp3) is 0.400. The van der Waals surface area contributed by atoms with Gasteiger partial charge in [0.15, 0.2) is 5.65 Å². The summed E-state index contributed by atoms with van der Waals surface area (Å²) in [7, 11) is 0. The number of aromatic nitrogens is 2. The van der Waals surface area contributed by atoms with Crippen LogP contribution in [0.15, 0.2) is 24.3 Å². The Hall–Kier alpha value is -2.58. The number of hydrogen-bond donors (Lipinski definition) is 1. The van der Waals surface area contributed by atoms with Crippen molar-refractivity contribution in [3.8, 4) is 6.07 Å². The van der Waals surface area contributed by atoms with Crippen molar-refractivity contribution in [3.63, 3.8) is 0 Å². The number of imidazole rings is 1. The van der Waals surface area contributed by atoms with Crippen LogP contribution in [0.3, 0.4) is 0 Å². The number of benzene rings is 1. The molecule has 3 heterocycles. The van der Waals surface area contributed by atoms with Crippen LogP contribution in [0.5, 0.6) is 0 Å². The number of para-hydroxylation sites is 2. The number of fused-ring (bicyclic) bond motifs is 3. The fourth-order valence-electron chi connectivity index (χ4n) is 4.01. The first-order valence-corrected chi connectivity index (χ1v) is 8.93. The predicted molar refractivity (Wildman–Crippen MR) is 101 cm³/mol. The van der Waals surface area contributed by atoms with E-state index in [-0.39, 0.29) is 0 Å². The number of piperazine rings is 1. The van der Waals surface area contributed by atoms with Crippen molar-refractivity contribution in [2.75, 3.05) is 31.1 Å². The van der Waals surface area contributed by atoms with E-state index in [4.69, 9.17) is 4.98 Å². The van der Waals surface area contributed by atoms with Gasteiger partial charge >= 0.3 is 0 Å². The average Bonchev–Trinajstić information content (AvgIpc) is 3.00. The lowest BCUT2D eigenvalue weighted by atomic mass is 9.94. The highest BCUT2D eigenvalue weighted by molar-refractivity contribution is 5.86. The molecule has 0 radical (unpaired) electrons. The van der Waals surface area contributed by atoms with E-state index in [1.807, 2.05) is 18.2 Å². The largest absolute Gasteiger partial charge is 0.355 e. The summed E-state index contributed by atoms with van der Waals surface area (Å²) >= 11 is 0. The second-order valence-corrected chi connectivity index (χ2v) is 7.00. The van der Waals surface area contributed by atoms with Gasteiger partial charge in [0, 0.05) is 31.7 Å². The summed E-state index contributed by atoms with van der Waals surface area (Å²) in [4.78, 5) is 7.25. The van der Waals surface area contributed by atoms with E-state index < -0.39 is 0 Å². The minimum Gasteiger partial charge on any atom is -0.355 e. The summed E-state index contributed by atoms with van der Waals surface area (Å²) < 4.78 is 2.21. The van der Waals surface area contributed by atoms with Crippen molar-refractivity contribution in [2.45, 2.75) is 26.7 Å². The zero-order chi connectivity index (χ0) is 17.6. The molecule has 0 amide bonds. The van der Waals surface area contributed by atoms with Gasteiger partial charge in [0.25, 0.3) is 0 Å². The van der Waals surface area contributed by atoms with Crippen molar-refractivity contribution in [3.05, 3.63) is 41.0 Å². The summed E-state index contributed by atoms with van der Waals surface area (Å²) in [6.07, 6.45) is 0. The Balaban J connectivity index is 2.18. The molecule has 0 spiro atoms. The molecule has 2 aromatic heterocycles. The van der Waals surface area contributed by atoms with Crippen LogP contribution in [-0.4, -0.2) is 35.6 Å². The van der Waals surface area contributed by atoms with Crippen molar-refractivity contribution >= 4 is 22.5 Å². The highest BCUT2D eigenvalue weighted by Crippen LogP contribution is 2.37. The molecule has 1 fully saturated rings. The topological polar surface area (TPSA) is 56.4 Å². The molecule has 5 nitrogen and oxygen atoms in total. The zero-order valence-corrected chi connectivity index (χ0v) is 15.0. The molecule has 0 saturated carbocycles. The molecule has 0 unspecified atom stereocenters. The molecule has 1 aliphatic heterocycles. The fourth-order valence-corrected chi connectivity index (χ4v) is 4.01. The monoisotopic (exact) mass is 333 g/mol. The summed E-state index contributed by atoms with van der Waals surface area (Å²) in [6, 6.07) is 10.6. The molecule has 5 heteroatoms. The molecule has 3 aromatic rings. The Morgan fingerprint density at radius 2 is 1.92 bits per heavy atom. The van der Waals surface area contributed by atoms with Crippen LogP contribution in [0, 0.1) is 18.3 Å². The predicted octanol–water partition coefficient (Wildman–Crippen LogP) is 3.20. The van der Waals surface area contributed by atoms with Crippen LogP contribution in [0.2, 0.25) is 0 Å². The van der Waals surface area contributed by atoms with Crippen LogP contribution >= 0.6 is 0 Å². The molecular weight excluding hydrogens is 310 g/mol. The van der Waals surface area contributed by atoms with Crippen LogP contribution < -0.4 is 10.2 Å². The maximum atomic E-state index is 9.82. The van der Waals surface area contributed by atoms with Gasteiger partial charge < -0.3 is 10.2 Å². The lowest BCUT2D eigenvalue weighted by molar-refractivity contribution is 0.580. The first kappa shape index (κ1) is 15.9. The van der Waals surface area contributed by atoms with Gasteiger partial charge in [0.1, 0.15) is 11.9 Å². The molecule has 0 aliphatic carbocycles. The number of nitrogens with one attached hydrogen (secondary N) is 1. The average molecular weight is 333 g/mol. The van der Waals surface area contributed by atoms with E-state index in [1.54, 1.807) is 0 Å². The van der Waals surface area contributed by atoms with Gasteiger partial charge in [-0.25, -0.2) is 4.98 Å². The minimum atomic E-state index is 0.336. The third kappa shape index (κ3) is 2.37. The van der Waals surface area contributed by atoms with Gasteiger partial charge in [0.05, 0.1) is 16.6 Å². The first-order valence-electron chi connectivity index (χ1n) is 8.93. The third-order valence-electron chi connectivity index (χ3n) is 5.12. The second kappa shape index (κ2) is 6.05. The van der Waals surface area contributed by atoms with E-state index in [0.717, 1.165) is 48.4 Å². The van der Waals surface area contributed by atoms with Crippen molar-refractivity contribution in [2.24, 2.45) is 0 Å². The number of hydrogen-bond acceptors (Lipinski definition) is 4. The third-order valence-corrected chi connectivity index (χ3v) is 5.12. The summed E-state index contributed by atoms with van der Waals surface area (Å²) in [5.41, 5.74) is 5.81. The lowest BCUT2D eigenvalue weighted by Gasteiger charge is -2.33. The maximum absolute atomic E-state index is 9.82. The summed E-state index contributed by atoms with van der Waals surface area (Å²) in [5, 5.41) is 13.3. The number of nitriles is 1. The molecule has 0 bridgehead atoms. The van der Waals surface area contributed by atoms with Crippen molar-refractivity contribution in [1.29, 1.82) is 5.26 Å². The molecule has 1 saturated heterocycles. The van der Waals surface area contributed by atoms with E-state index in [1.165, 1.54) is 11.4 Å². The molecule has 1 aromatic carbocycles. The highest BCUT2D eigenvalue weighted by Gasteiger charge is 2.26. The molecule has 4 rings (SSSR count). The Bertz CT molecular complexity index is 987. The van der Waals surface area contributed by atoms with Gasteiger partial charge in [0.2, 0.25) is 0 Å². The van der Waals surface area contributed by atoms with E-state index >= 15 is 0 Å². The van der Waals surface area contributed by atoms with Crippen LogP contribution in [-0.2, 0) is 0 Å². The van der Waals surface area contributed by atoms with Crippen LogP contribution in [0.1, 0.15) is 36.5 Å². The Morgan fingerprint density at radius 1 is 1.20 bits per heavy atom. The van der Waals surface area contributed by atoms with Crippen LogP contribution in [0.4, 0.5) is 5.82 Å². The van der Waals surface area contributed by atoms with Gasteiger partial charge in [-0.2, -0.15) is 5.26 Å². The Kier molecular flexibility index (Phi) is 3.85. The van der Waals surface area contributed by atoms with Gasteiger partial charge in [-0.1, -0.05) is 26.0 Å². The van der Waals surface area contributed by atoms with Crippen molar-refractivity contribution in [1.82, 2.24) is 14.7 Å². The molecule has 25 heavy (non-hydrogen) atoms. The zero-order valence-electron chi connectivity index (χ0n) is 15.0. The lowest BCUT2D eigenvalue weighted by Crippen LogP contribution is -2.44. The maximum Gasteiger partial charge on any atom is 0.157 e. The number of pyridine rings is 1. The molecule has 1 N–H and O–H groups in total. The molecule has 0 atom stereocenters. The molecular formula is C20H23N5. The van der Waals surface area contributed by atoms with Crippen molar-refractivity contribution < 1.29 is 0 Å². The SMILES string of the molecule is Cc1c(C(C)C)c(N2CCNCC2)n2c(nc3ccccc32)c1C#N. The van der Waals surface area contributed by atoms with E-state index in [0.29, 0.717) is 11.5 Å². The normalized spacial score (nSPS) is 15.2.